The summed E-state index contributed by atoms with van der Waals surface area (Å²) < 4.78 is 7.95. The van der Waals surface area contributed by atoms with Crippen LogP contribution in [0.3, 0.4) is 0 Å². The maximum absolute atomic E-state index is 13.0. The Labute approximate surface area is 172 Å². The van der Waals surface area contributed by atoms with Crippen LogP contribution in [0, 0.1) is 5.41 Å². The van der Waals surface area contributed by atoms with Gasteiger partial charge in [0, 0.05) is 42.7 Å². The summed E-state index contributed by atoms with van der Waals surface area (Å²) in [6.07, 6.45) is 5.01. The summed E-state index contributed by atoms with van der Waals surface area (Å²) >= 11 is 0. The monoisotopic (exact) mass is 397 g/mol. The van der Waals surface area contributed by atoms with Crippen molar-refractivity contribution in [1.29, 1.82) is 0 Å². The Morgan fingerprint density at radius 2 is 2.14 bits per heavy atom. The van der Waals surface area contributed by atoms with E-state index >= 15 is 0 Å². The topological polar surface area (TPSA) is 95.1 Å². The summed E-state index contributed by atoms with van der Waals surface area (Å²) in [6.45, 7) is 7.52. The number of carbonyl (C=O) groups excluding carboxylic acids is 1. The van der Waals surface area contributed by atoms with Gasteiger partial charge in [-0.1, -0.05) is 32.4 Å². The number of carbonyl (C=O) groups is 1. The molecule has 3 N–H and O–H groups in total. The number of fused-ring (bicyclic) bond motifs is 1. The molecule has 2 heterocycles. The molecule has 1 fully saturated rings. The number of anilines is 1. The van der Waals surface area contributed by atoms with Crippen LogP contribution in [-0.2, 0) is 22.5 Å². The molecular weight excluding hydrogens is 366 g/mol. The van der Waals surface area contributed by atoms with E-state index in [1.807, 2.05) is 45.0 Å². The Balaban J connectivity index is 1.53. The van der Waals surface area contributed by atoms with Crippen molar-refractivity contribution in [3.05, 3.63) is 30.1 Å². The second-order valence-electron chi connectivity index (χ2n) is 8.78. The number of aromatic nitrogens is 3. The number of hydrogen-bond acceptors (Lipinski definition) is 5. The van der Waals surface area contributed by atoms with Crippen molar-refractivity contribution in [1.82, 2.24) is 14.8 Å². The van der Waals surface area contributed by atoms with Gasteiger partial charge in [-0.15, -0.1) is 10.2 Å². The van der Waals surface area contributed by atoms with Crippen LogP contribution in [0.1, 0.15) is 52.3 Å². The molecule has 2 aromatic rings. The molecule has 0 bridgehead atoms. The highest BCUT2D eigenvalue weighted by Gasteiger charge is 2.62. The lowest BCUT2D eigenvalue weighted by Crippen LogP contribution is -2.74. The fourth-order valence-electron chi connectivity index (χ4n) is 4.50. The summed E-state index contributed by atoms with van der Waals surface area (Å²) in [6, 6.07) is 7.78. The number of nitrogens with zero attached hydrogens (tertiary/aromatic N) is 3. The summed E-state index contributed by atoms with van der Waals surface area (Å²) in [5.74, 6) is 1.74. The van der Waals surface area contributed by atoms with Gasteiger partial charge in [0.15, 0.2) is 5.82 Å². The largest absolute Gasteiger partial charge is 0.378 e. The van der Waals surface area contributed by atoms with Crippen LogP contribution in [0.15, 0.2) is 24.3 Å². The molecule has 2 unspecified atom stereocenters. The highest BCUT2D eigenvalue weighted by atomic mass is 16.5. The van der Waals surface area contributed by atoms with Crippen LogP contribution in [0.4, 0.5) is 5.69 Å². The molecule has 1 aromatic heterocycles. The van der Waals surface area contributed by atoms with E-state index in [1.54, 1.807) is 0 Å². The fraction of sp³-hybridized carbons (Fsp3) is 0.591. The number of aryl methyl sites for hydroxylation is 1. The molecule has 0 saturated heterocycles. The molecular formula is C22H31N5O2. The van der Waals surface area contributed by atoms with Gasteiger partial charge in [-0.2, -0.15) is 0 Å². The summed E-state index contributed by atoms with van der Waals surface area (Å²) in [4.78, 5) is 13.0. The molecule has 7 nitrogen and oxygen atoms in total. The second kappa shape index (κ2) is 7.54. The maximum atomic E-state index is 13.0. The molecule has 0 radical (unpaired) electrons. The van der Waals surface area contributed by atoms with Crippen molar-refractivity contribution in [3.8, 4) is 11.4 Å². The number of ether oxygens (including phenoxy) is 1. The van der Waals surface area contributed by atoms with Gasteiger partial charge >= 0.3 is 0 Å². The Hall–Kier alpha value is -2.25. The molecule has 2 atom stereocenters. The van der Waals surface area contributed by atoms with Crippen molar-refractivity contribution in [2.75, 3.05) is 11.9 Å². The first kappa shape index (κ1) is 20.0. The van der Waals surface area contributed by atoms with Crippen molar-refractivity contribution < 1.29 is 9.53 Å². The minimum atomic E-state index is -0.950. The Kier molecular flexibility index (Phi) is 5.21. The normalized spacial score (nSPS) is 25.6. The average molecular weight is 398 g/mol. The molecule has 0 spiro atoms. The Bertz CT molecular complexity index is 906. The van der Waals surface area contributed by atoms with Gasteiger partial charge in [-0.3, -0.25) is 4.79 Å². The molecule has 1 amide bonds. The molecule has 29 heavy (non-hydrogen) atoms. The second-order valence-corrected chi connectivity index (χ2v) is 8.78. The predicted molar refractivity (Wildman–Crippen MR) is 112 cm³/mol. The standard InChI is InChI=1S/C22H31N5O2/c1-4-29-17-14-22(23,21(17,2)3)20(28)24-16-10-8-9-15(13-16)19-26-25-18-11-6-5-7-12-27(18)19/h8-10,13,17H,4-7,11-12,14,23H2,1-3H3,(H,24,28). The molecule has 7 heteroatoms. The van der Waals surface area contributed by atoms with Gasteiger partial charge in [0.1, 0.15) is 11.4 Å². The molecule has 1 aliphatic heterocycles. The zero-order valence-corrected chi connectivity index (χ0v) is 17.6. The van der Waals surface area contributed by atoms with E-state index in [9.17, 15) is 4.79 Å². The van der Waals surface area contributed by atoms with Gasteiger partial charge in [0.2, 0.25) is 5.91 Å². The summed E-state index contributed by atoms with van der Waals surface area (Å²) in [7, 11) is 0. The molecule has 156 valence electrons. The van der Waals surface area contributed by atoms with Crippen molar-refractivity contribution >= 4 is 11.6 Å². The third-order valence-corrected chi connectivity index (χ3v) is 6.72. The van der Waals surface area contributed by atoms with E-state index < -0.39 is 11.0 Å². The van der Waals surface area contributed by atoms with Gasteiger partial charge in [0.25, 0.3) is 0 Å². The molecule has 1 aromatic carbocycles. The zero-order chi connectivity index (χ0) is 20.6. The van der Waals surface area contributed by atoms with Crippen LogP contribution in [0.25, 0.3) is 11.4 Å². The first-order valence-corrected chi connectivity index (χ1v) is 10.6. The average Bonchev–Trinajstić information content (AvgIpc) is 2.96. The van der Waals surface area contributed by atoms with Crippen LogP contribution < -0.4 is 11.1 Å². The first-order chi connectivity index (χ1) is 13.9. The lowest BCUT2D eigenvalue weighted by atomic mass is 9.54. The van der Waals surface area contributed by atoms with E-state index in [0.29, 0.717) is 13.0 Å². The zero-order valence-electron chi connectivity index (χ0n) is 17.6. The number of hydrogen-bond donors (Lipinski definition) is 2. The fourth-order valence-corrected chi connectivity index (χ4v) is 4.50. The van der Waals surface area contributed by atoms with Crippen LogP contribution >= 0.6 is 0 Å². The maximum Gasteiger partial charge on any atom is 0.245 e. The smallest absolute Gasteiger partial charge is 0.245 e. The first-order valence-electron chi connectivity index (χ1n) is 10.6. The third kappa shape index (κ3) is 3.36. The van der Waals surface area contributed by atoms with E-state index in [4.69, 9.17) is 10.5 Å². The summed E-state index contributed by atoms with van der Waals surface area (Å²) in [5, 5.41) is 11.8. The molecule has 4 rings (SSSR count). The quantitative estimate of drug-likeness (QED) is 0.808. The van der Waals surface area contributed by atoms with Crippen LogP contribution in [0.5, 0.6) is 0 Å². The van der Waals surface area contributed by atoms with Gasteiger partial charge in [-0.05, 0) is 31.9 Å². The molecule has 1 aliphatic carbocycles. The van der Waals surface area contributed by atoms with Gasteiger partial charge in [0.05, 0.1) is 6.10 Å². The van der Waals surface area contributed by atoms with Crippen molar-refractivity contribution in [3.63, 3.8) is 0 Å². The van der Waals surface area contributed by atoms with Gasteiger partial charge in [-0.25, -0.2) is 0 Å². The third-order valence-electron chi connectivity index (χ3n) is 6.72. The number of rotatable bonds is 5. The number of nitrogens with two attached hydrogens (primary N) is 1. The number of amides is 1. The minimum absolute atomic E-state index is 0.000958. The van der Waals surface area contributed by atoms with Crippen molar-refractivity contribution in [2.24, 2.45) is 11.1 Å². The number of nitrogens with one attached hydrogen (secondary N) is 1. The van der Waals surface area contributed by atoms with E-state index in [0.717, 1.165) is 48.7 Å². The lowest BCUT2D eigenvalue weighted by Gasteiger charge is -2.57. The highest BCUT2D eigenvalue weighted by Crippen LogP contribution is 2.50. The van der Waals surface area contributed by atoms with E-state index in [2.05, 4.69) is 20.1 Å². The van der Waals surface area contributed by atoms with Crippen molar-refractivity contribution in [2.45, 2.75) is 71.1 Å². The van der Waals surface area contributed by atoms with Gasteiger partial charge < -0.3 is 20.4 Å². The molecule has 2 aliphatic rings. The molecule has 1 saturated carbocycles. The van der Waals surface area contributed by atoms with Crippen LogP contribution in [-0.4, -0.2) is 38.9 Å². The summed E-state index contributed by atoms with van der Waals surface area (Å²) in [5.41, 5.74) is 6.82. The lowest BCUT2D eigenvalue weighted by molar-refractivity contribution is -0.166. The minimum Gasteiger partial charge on any atom is -0.378 e. The Morgan fingerprint density at radius 1 is 1.31 bits per heavy atom. The SMILES string of the molecule is CCOC1CC(N)(C(=O)Nc2cccc(-c3nnc4n3CCCCC4)c2)C1(C)C. The number of benzene rings is 1. The van der Waals surface area contributed by atoms with E-state index in [1.165, 1.54) is 6.42 Å². The van der Waals surface area contributed by atoms with Crippen LogP contribution in [0.2, 0.25) is 0 Å². The predicted octanol–water partition coefficient (Wildman–Crippen LogP) is 3.14. The Morgan fingerprint density at radius 3 is 2.90 bits per heavy atom. The van der Waals surface area contributed by atoms with E-state index in [-0.39, 0.29) is 12.0 Å². The highest BCUT2D eigenvalue weighted by molar-refractivity contribution is 6.00.